The number of amides is 1. The molecule has 0 aromatic rings. The number of hydrogen-bond acceptors (Lipinski definition) is 5. The maximum absolute atomic E-state index is 13.2. The average molecular weight is 414 g/mol. The molecular formula is C20H35N3O4S. The minimum absolute atomic E-state index is 0.0549. The molecule has 3 fully saturated rings. The van der Waals surface area contributed by atoms with Gasteiger partial charge in [0, 0.05) is 51.1 Å². The van der Waals surface area contributed by atoms with Crippen LogP contribution in [0.1, 0.15) is 47.0 Å². The van der Waals surface area contributed by atoms with Crippen molar-refractivity contribution in [2.75, 3.05) is 51.6 Å². The highest BCUT2D eigenvalue weighted by Crippen LogP contribution is 2.64. The van der Waals surface area contributed by atoms with E-state index in [1.54, 1.807) is 4.90 Å². The van der Waals surface area contributed by atoms with E-state index < -0.39 is 15.4 Å². The number of carbonyl (C=O) groups excluding carboxylic acids is 2. The SMILES string of the molecule is CCN(CC)C(=O)CN1CCN(S(=O)(=O)CC23CCC(CC2=O)C3(C)C)CC1. The number of Topliss-reactive ketones (excluding diaryl/α,β-unsaturated/α-hetero) is 1. The Morgan fingerprint density at radius 2 is 1.75 bits per heavy atom. The molecule has 0 aromatic carbocycles. The summed E-state index contributed by atoms with van der Waals surface area (Å²) in [7, 11) is -3.50. The molecule has 1 aliphatic heterocycles. The number of piperazine rings is 1. The monoisotopic (exact) mass is 413 g/mol. The minimum Gasteiger partial charge on any atom is -0.342 e. The van der Waals surface area contributed by atoms with Crippen molar-refractivity contribution in [2.45, 2.75) is 47.0 Å². The highest BCUT2D eigenvalue weighted by Gasteiger charge is 2.65. The fourth-order valence-corrected chi connectivity index (χ4v) is 7.75. The minimum atomic E-state index is -3.50. The molecular weight excluding hydrogens is 378 g/mol. The standard InChI is InChI=1S/C20H35N3O4S/c1-5-22(6-2)18(25)14-21-9-11-23(12-10-21)28(26,27)15-20-8-7-16(13-17(20)24)19(20,3)4/h16H,5-15H2,1-4H3. The van der Waals surface area contributed by atoms with E-state index in [1.165, 1.54) is 4.31 Å². The molecule has 7 nitrogen and oxygen atoms in total. The quantitative estimate of drug-likeness (QED) is 0.627. The van der Waals surface area contributed by atoms with Crippen LogP contribution in [0.25, 0.3) is 0 Å². The van der Waals surface area contributed by atoms with E-state index in [9.17, 15) is 18.0 Å². The van der Waals surface area contributed by atoms with E-state index >= 15 is 0 Å². The van der Waals surface area contributed by atoms with E-state index in [1.807, 2.05) is 18.7 Å². The van der Waals surface area contributed by atoms with Crippen molar-refractivity contribution in [3.05, 3.63) is 0 Å². The summed E-state index contributed by atoms with van der Waals surface area (Å²) in [6.07, 6.45) is 2.18. The topological polar surface area (TPSA) is 78.0 Å². The van der Waals surface area contributed by atoms with E-state index in [0.717, 1.165) is 6.42 Å². The largest absolute Gasteiger partial charge is 0.342 e. The predicted octanol–water partition coefficient (Wildman–Crippen LogP) is 1.20. The Hall–Kier alpha value is -0.990. The zero-order valence-electron chi connectivity index (χ0n) is 17.7. The smallest absolute Gasteiger partial charge is 0.236 e. The summed E-state index contributed by atoms with van der Waals surface area (Å²) in [6.45, 7) is 11.7. The lowest BCUT2D eigenvalue weighted by atomic mass is 9.70. The second-order valence-electron chi connectivity index (χ2n) is 9.16. The molecule has 3 aliphatic rings. The zero-order valence-corrected chi connectivity index (χ0v) is 18.6. The van der Waals surface area contributed by atoms with Gasteiger partial charge >= 0.3 is 0 Å². The number of rotatable bonds is 7. The normalized spacial score (nSPS) is 30.7. The molecule has 8 heteroatoms. The van der Waals surface area contributed by atoms with Gasteiger partial charge in [0.25, 0.3) is 0 Å². The van der Waals surface area contributed by atoms with Crippen LogP contribution >= 0.6 is 0 Å². The number of carbonyl (C=O) groups is 2. The van der Waals surface area contributed by atoms with Crippen molar-refractivity contribution in [1.29, 1.82) is 0 Å². The molecule has 1 amide bonds. The van der Waals surface area contributed by atoms with Crippen LogP contribution in [0, 0.1) is 16.7 Å². The third kappa shape index (κ3) is 3.52. The first-order chi connectivity index (χ1) is 13.1. The molecule has 3 rings (SSSR count). The van der Waals surface area contributed by atoms with Crippen molar-refractivity contribution in [3.8, 4) is 0 Å². The third-order valence-electron chi connectivity index (χ3n) is 7.77. The molecule has 1 saturated heterocycles. The van der Waals surface area contributed by atoms with Gasteiger partial charge < -0.3 is 4.90 Å². The molecule has 160 valence electrons. The van der Waals surface area contributed by atoms with Crippen molar-refractivity contribution < 1.29 is 18.0 Å². The second kappa shape index (κ2) is 7.69. The Bertz CT molecular complexity index is 724. The van der Waals surface area contributed by atoms with Gasteiger partial charge in [-0.3, -0.25) is 14.5 Å². The van der Waals surface area contributed by atoms with E-state index in [4.69, 9.17) is 0 Å². The molecule has 2 aliphatic carbocycles. The van der Waals surface area contributed by atoms with E-state index in [-0.39, 0.29) is 22.9 Å². The van der Waals surface area contributed by atoms with Gasteiger partial charge in [-0.2, -0.15) is 4.31 Å². The number of nitrogens with zero attached hydrogens (tertiary/aromatic N) is 3. The first-order valence-corrected chi connectivity index (χ1v) is 12.2. The van der Waals surface area contributed by atoms with Crippen LogP contribution in [0.2, 0.25) is 0 Å². The van der Waals surface area contributed by atoms with Gasteiger partial charge in [0.15, 0.2) is 0 Å². The molecule has 28 heavy (non-hydrogen) atoms. The van der Waals surface area contributed by atoms with Crippen molar-refractivity contribution >= 4 is 21.7 Å². The summed E-state index contributed by atoms with van der Waals surface area (Å²) in [6, 6.07) is 0. The lowest BCUT2D eigenvalue weighted by Crippen LogP contribution is -2.54. The van der Waals surface area contributed by atoms with Crippen LogP contribution in [0.3, 0.4) is 0 Å². The van der Waals surface area contributed by atoms with Crippen LogP contribution in [0.4, 0.5) is 0 Å². The molecule has 0 radical (unpaired) electrons. The molecule has 0 aromatic heterocycles. The number of hydrogen-bond donors (Lipinski definition) is 0. The molecule has 2 atom stereocenters. The number of likely N-dealkylation sites (N-methyl/N-ethyl adjacent to an activating group) is 1. The molecule has 1 heterocycles. The highest BCUT2D eigenvalue weighted by atomic mass is 32.2. The van der Waals surface area contributed by atoms with Gasteiger partial charge in [0.2, 0.25) is 15.9 Å². The van der Waals surface area contributed by atoms with Crippen LogP contribution in [0.15, 0.2) is 0 Å². The second-order valence-corrected chi connectivity index (χ2v) is 11.1. The van der Waals surface area contributed by atoms with E-state index in [2.05, 4.69) is 13.8 Å². The molecule has 2 saturated carbocycles. The number of ketones is 1. The summed E-state index contributed by atoms with van der Waals surface area (Å²) in [5.41, 5.74) is -0.957. The van der Waals surface area contributed by atoms with Gasteiger partial charge in [-0.25, -0.2) is 8.42 Å². The summed E-state index contributed by atoms with van der Waals surface area (Å²) >= 11 is 0. The Labute approximate surface area is 169 Å². The maximum Gasteiger partial charge on any atom is 0.236 e. The van der Waals surface area contributed by atoms with Crippen molar-refractivity contribution in [2.24, 2.45) is 16.7 Å². The zero-order chi connectivity index (χ0) is 20.7. The molecule has 0 spiro atoms. The lowest BCUT2D eigenvalue weighted by molar-refractivity contribution is -0.132. The maximum atomic E-state index is 13.2. The molecule has 0 N–H and O–H groups in total. The Morgan fingerprint density at radius 1 is 1.14 bits per heavy atom. The highest BCUT2D eigenvalue weighted by molar-refractivity contribution is 7.89. The van der Waals surface area contributed by atoms with Gasteiger partial charge in [0.05, 0.1) is 12.3 Å². The lowest BCUT2D eigenvalue weighted by Gasteiger charge is -2.39. The van der Waals surface area contributed by atoms with Gasteiger partial charge in [0.1, 0.15) is 5.78 Å². The fourth-order valence-electron chi connectivity index (χ4n) is 5.54. The number of sulfonamides is 1. The van der Waals surface area contributed by atoms with Gasteiger partial charge in [-0.1, -0.05) is 13.8 Å². The Balaban J connectivity index is 1.61. The van der Waals surface area contributed by atoms with Gasteiger partial charge in [-0.15, -0.1) is 0 Å². The first kappa shape index (κ1) is 21.7. The van der Waals surface area contributed by atoms with Crippen LogP contribution in [-0.2, 0) is 19.6 Å². The summed E-state index contributed by atoms with van der Waals surface area (Å²) < 4.78 is 27.9. The summed E-state index contributed by atoms with van der Waals surface area (Å²) in [5, 5.41) is 0. The number of fused-ring (bicyclic) bond motifs is 2. The first-order valence-electron chi connectivity index (χ1n) is 10.6. The molecule has 2 bridgehead atoms. The van der Waals surface area contributed by atoms with E-state index in [0.29, 0.717) is 64.6 Å². The Kier molecular flexibility index (Phi) is 5.96. The van der Waals surface area contributed by atoms with Crippen LogP contribution in [-0.4, -0.2) is 85.8 Å². The van der Waals surface area contributed by atoms with Gasteiger partial charge in [-0.05, 0) is 38.0 Å². The summed E-state index contributed by atoms with van der Waals surface area (Å²) in [4.78, 5) is 28.8. The van der Waals surface area contributed by atoms with Crippen molar-refractivity contribution in [3.63, 3.8) is 0 Å². The van der Waals surface area contributed by atoms with Crippen LogP contribution in [0.5, 0.6) is 0 Å². The van der Waals surface area contributed by atoms with Crippen LogP contribution < -0.4 is 0 Å². The summed E-state index contributed by atoms with van der Waals surface area (Å²) in [5.74, 6) is 0.496. The third-order valence-corrected chi connectivity index (χ3v) is 9.78. The van der Waals surface area contributed by atoms with Crippen molar-refractivity contribution in [1.82, 2.24) is 14.1 Å². The fraction of sp³-hybridized carbons (Fsp3) is 0.900. The Morgan fingerprint density at radius 3 is 2.21 bits per heavy atom. The predicted molar refractivity (Wildman–Crippen MR) is 108 cm³/mol. The molecule has 2 unspecified atom stereocenters. The average Bonchev–Trinajstić information content (AvgIpc) is 2.97.